The Morgan fingerprint density at radius 1 is 0.949 bits per heavy atom. The Balaban J connectivity index is 1.49. The summed E-state index contributed by atoms with van der Waals surface area (Å²) < 4.78 is 34.3. The lowest BCUT2D eigenvalue weighted by Gasteiger charge is -2.27. The third-order valence-corrected chi connectivity index (χ3v) is 7.61. The van der Waals surface area contributed by atoms with E-state index < -0.39 is 22.0 Å². The molecule has 0 saturated heterocycles. The van der Waals surface area contributed by atoms with Crippen LogP contribution in [0.1, 0.15) is 29.4 Å². The highest BCUT2D eigenvalue weighted by Gasteiger charge is 2.29. The summed E-state index contributed by atoms with van der Waals surface area (Å²) in [5, 5.41) is 4.13. The highest BCUT2D eigenvalue weighted by atomic mass is 32.2. The third-order valence-electron chi connectivity index (χ3n) is 6.36. The summed E-state index contributed by atoms with van der Waals surface area (Å²) in [6.45, 7) is 7.57. The molecule has 0 spiro atoms. The van der Waals surface area contributed by atoms with Gasteiger partial charge in [-0.3, -0.25) is 9.10 Å². The fourth-order valence-corrected chi connectivity index (χ4v) is 5.63. The molecule has 3 aromatic carbocycles. The molecular weight excluding hydrogens is 512 g/mol. The highest BCUT2D eigenvalue weighted by Crippen LogP contribution is 2.27. The number of carbonyl (C=O) groups is 1. The van der Waals surface area contributed by atoms with Crippen LogP contribution in [0.25, 0.3) is 5.69 Å². The van der Waals surface area contributed by atoms with Crippen molar-refractivity contribution in [1.29, 1.82) is 0 Å². The number of para-hydroxylation sites is 2. The van der Waals surface area contributed by atoms with Crippen LogP contribution in [-0.2, 0) is 14.8 Å². The summed E-state index contributed by atoms with van der Waals surface area (Å²) in [6, 6.07) is 24.8. The molecular formula is C30H32N4O4S. The van der Waals surface area contributed by atoms with Crippen molar-refractivity contribution in [3.05, 3.63) is 107 Å². The number of carbonyl (C=O) groups excluding carboxylic acids is 1. The summed E-state index contributed by atoms with van der Waals surface area (Å²) in [5.41, 5.74) is 7.91. The van der Waals surface area contributed by atoms with Gasteiger partial charge in [-0.25, -0.2) is 13.8 Å². The topological polar surface area (TPSA) is 93.0 Å². The predicted molar refractivity (Wildman–Crippen MR) is 155 cm³/mol. The van der Waals surface area contributed by atoms with Gasteiger partial charge in [-0.05, 0) is 81.8 Å². The van der Waals surface area contributed by atoms with Crippen molar-refractivity contribution in [2.75, 3.05) is 10.6 Å². The smallest absolute Gasteiger partial charge is 0.263 e. The number of amides is 1. The van der Waals surface area contributed by atoms with Crippen molar-refractivity contribution in [2.24, 2.45) is 5.10 Å². The van der Waals surface area contributed by atoms with E-state index in [1.54, 1.807) is 30.5 Å². The lowest BCUT2D eigenvalue weighted by atomic mass is 10.2. The van der Waals surface area contributed by atoms with Crippen molar-refractivity contribution in [2.45, 2.75) is 33.7 Å². The van der Waals surface area contributed by atoms with E-state index in [9.17, 15) is 13.2 Å². The Morgan fingerprint density at radius 2 is 1.56 bits per heavy atom. The molecule has 0 fully saturated rings. The highest BCUT2D eigenvalue weighted by molar-refractivity contribution is 7.92. The zero-order chi connectivity index (χ0) is 28.2. The third kappa shape index (κ3) is 6.38. The first-order valence-electron chi connectivity index (χ1n) is 12.5. The largest absolute Gasteiger partial charge is 0.457 e. The number of nitrogens with zero attached hydrogens (tertiary/aromatic N) is 3. The normalized spacial score (nSPS) is 12.3. The first kappa shape index (κ1) is 27.7. The Hall–Kier alpha value is -4.37. The van der Waals surface area contributed by atoms with Gasteiger partial charge >= 0.3 is 0 Å². The number of hydrazone groups is 1. The van der Waals surface area contributed by atoms with Crippen molar-refractivity contribution in [3.63, 3.8) is 0 Å². The van der Waals surface area contributed by atoms with Crippen LogP contribution in [0, 0.1) is 20.8 Å². The number of anilines is 1. The second-order valence-electron chi connectivity index (χ2n) is 9.33. The molecule has 202 valence electrons. The molecule has 4 aromatic rings. The van der Waals surface area contributed by atoms with Crippen LogP contribution in [0.5, 0.6) is 11.5 Å². The minimum absolute atomic E-state index is 0.339. The number of sulfonamides is 1. The van der Waals surface area contributed by atoms with E-state index in [1.807, 2.05) is 62.4 Å². The van der Waals surface area contributed by atoms with Crippen LogP contribution in [0.2, 0.25) is 0 Å². The molecule has 0 aliphatic rings. The Morgan fingerprint density at radius 3 is 2.21 bits per heavy atom. The molecule has 1 N–H and O–H groups in total. The number of aryl methyl sites for hydroxylation is 2. The number of nitrogens with one attached hydrogen (secondary N) is 1. The minimum Gasteiger partial charge on any atom is -0.457 e. The van der Waals surface area contributed by atoms with Crippen molar-refractivity contribution in [1.82, 2.24) is 9.99 Å². The van der Waals surface area contributed by atoms with E-state index in [0.717, 1.165) is 38.8 Å². The lowest BCUT2D eigenvalue weighted by Crippen LogP contribution is -2.46. The summed E-state index contributed by atoms with van der Waals surface area (Å²) in [5.74, 6) is 0.646. The zero-order valence-corrected chi connectivity index (χ0v) is 23.4. The molecule has 0 saturated carbocycles. The maximum Gasteiger partial charge on any atom is 0.263 e. The molecule has 0 aliphatic carbocycles. The quantitative estimate of drug-likeness (QED) is 0.222. The SMILES string of the molecule is Cc1ccccc1-n1c(C)cc(/C=N\NC(=O)[C@@H](C)N(c2ccc(Oc3ccccc3)cc2)S(C)(=O)=O)c1C. The summed E-state index contributed by atoms with van der Waals surface area (Å²) in [4.78, 5) is 13.0. The number of aromatic nitrogens is 1. The van der Waals surface area contributed by atoms with Gasteiger partial charge in [0.2, 0.25) is 10.0 Å². The van der Waals surface area contributed by atoms with Gasteiger partial charge in [0.1, 0.15) is 17.5 Å². The zero-order valence-electron chi connectivity index (χ0n) is 22.6. The number of ether oxygens (including phenoxy) is 1. The van der Waals surface area contributed by atoms with Gasteiger partial charge in [-0.1, -0.05) is 36.4 Å². The first-order chi connectivity index (χ1) is 18.6. The summed E-state index contributed by atoms with van der Waals surface area (Å²) >= 11 is 0. The van der Waals surface area contributed by atoms with E-state index in [1.165, 1.54) is 6.92 Å². The Labute approximate surface area is 229 Å². The van der Waals surface area contributed by atoms with Gasteiger partial charge in [0, 0.05) is 22.6 Å². The minimum atomic E-state index is -3.78. The van der Waals surface area contributed by atoms with Crippen molar-refractivity contribution < 1.29 is 17.9 Å². The number of hydrogen-bond donors (Lipinski definition) is 1. The molecule has 0 unspecified atom stereocenters. The Bertz CT molecular complexity index is 1590. The van der Waals surface area contributed by atoms with E-state index in [4.69, 9.17) is 4.74 Å². The van der Waals surface area contributed by atoms with Crippen LogP contribution in [0.4, 0.5) is 5.69 Å². The van der Waals surface area contributed by atoms with Crippen molar-refractivity contribution in [3.8, 4) is 17.2 Å². The van der Waals surface area contributed by atoms with Gasteiger partial charge in [-0.15, -0.1) is 0 Å². The Kier molecular flexibility index (Phi) is 8.21. The van der Waals surface area contributed by atoms with Crippen LogP contribution < -0.4 is 14.5 Å². The van der Waals surface area contributed by atoms with E-state index in [0.29, 0.717) is 17.2 Å². The van der Waals surface area contributed by atoms with Gasteiger partial charge in [0.15, 0.2) is 0 Å². The molecule has 0 aliphatic heterocycles. The predicted octanol–water partition coefficient (Wildman–Crippen LogP) is 5.50. The molecule has 1 heterocycles. The van der Waals surface area contributed by atoms with Crippen LogP contribution >= 0.6 is 0 Å². The second-order valence-corrected chi connectivity index (χ2v) is 11.2. The molecule has 8 nitrogen and oxygen atoms in total. The fourth-order valence-electron chi connectivity index (χ4n) is 4.46. The molecule has 4 rings (SSSR count). The standard InChI is InChI=1S/C30H32N4O4S/c1-21-11-9-10-14-29(21)33-22(2)19-25(23(33)3)20-31-32-30(35)24(4)34(39(5,36)37)26-15-17-28(18-16-26)38-27-12-7-6-8-13-27/h6-20,24H,1-5H3,(H,32,35)/b31-20-/t24-/m1/s1. The maximum atomic E-state index is 13.0. The molecule has 39 heavy (non-hydrogen) atoms. The van der Waals surface area contributed by atoms with Crippen LogP contribution in [0.15, 0.2) is 90.0 Å². The van der Waals surface area contributed by atoms with Crippen LogP contribution in [0.3, 0.4) is 0 Å². The molecule has 1 atom stereocenters. The maximum absolute atomic E-state index is 13.0. The summed E-state index contributed by atoms with van der Waals surface area (Å²) in [7, 11) is -3.78. The van der Waals surface area contributed by atoms with E-state index >= 15 is 0 Å². The van der Waals surface area contributed by atoms with Gasteiger partial charge in [0.25, 0.3) is 5.91 Å². The average Bonchev–Trinajstić information content (AvgIpc) is 3.17. The van der Waals surface area contributed by atoms with E-state index in [-0.39, 0.29) is 0 Å². The number of hydrogen-bond acceptors (Lipinski definition) is 5. The molecule has 9 heteroatoms. The van der Waals surface area contributed by atoms with Gasteiger partial charge in [0.05, 0.1) is 18.2 Å². The average molecular weight is 545 g/mol. The number of benzene rings is 3. The number of rotatable bonds is 9. The second kappa shape index (κ2) is 11.6. The molecule has 1 amide bonds. The van der Waals surface area contributed by atoms with Gasteiger partial charge in [-0.2, -0.15) is 5.10 Å². The fraction of sp³-hybridized carbons (Fsp3) is 0.200. The van der Waals surface area contributed by atoms with Crippen LogP contribution in [-0.4, -0.2) is 37.4 Å². The lowest BCUT2D eigenvalue weighted by molar-refractivity contribution is -0.121. The summed E-state index contributed by atoms with van der Waals surface area (Å²) in [6.07, 6.45) is 2.64. The monoisotopic (exact) mass is 544 g/mol. The molecule has 0 radical (unpaired) electrons. The molecule has 0 bridgehead atoms. The molecule has 1 aromatic heterocycles. The van der Waals surface area contributed by atoms with Crippen molar-refractivity contribution >= 4 is 27.8 Å². The van der Waals surface area contributed by atoms with E-state index in [2.05, 4.69) is 34.2 Å². The van der Waals surface area contributed by atoms with Gasteiger partial charge < -0.3 is 9.30 Å². The first-order valence-corrected chi connectivity index (χ1v) is 14.3.